The van der Waals surface area contributed by atoms with E-state index in [2.05, 4.69) is 10.1 Å². The number of carbonyl (C=O) groups excluding carboxylic acids is 1. The predicted octanol–water partition coefficient (Wildman–Crippen LogP) is -0.216. The van der Waals surface area contributed by atoms with Gasteiger partial charge in [0.05, 0.1) is 26.2 Å². The summed E-state index contributed by atoms with van der Waals surface area (Å²) in [7, 11) is 1.41. The minimum atomic E-state index is -0.182. The van der Waals surface area contributed by atoms with Gasteiger partial charge in [0.2, 0.25) is 0 Å². The van der Waals surface area contributed by atoms with Crippen LogP contribution in [0, 0.1) is 5.92 Å². The van der Waals surface area contributed by atoms with Crippen molar-refractivity contribution in [3.63, 3.8) is 0 Å². The van der Waals surface area contributed by atoms with Gasteiger partial charge in [0.25, 0.3) is 0 Å². The Balaban J connectivity index is 2.45. The van der Waals surface area contributed by atoms with Crippen LogP contribution in [-0.2, 0) is 14.3 Å². The van der Waals surface area contributed by atoms with Gasteiger partial charge in [-0.3, -0.25) is 4.79 Å². The van der Waals surface area contributed by atoms with Crippen LogP contribution in [0.25, 0.3) is 0 Å². The Morgan fingerprint density at radius 1 is 1.67 bits per heavy atom. The first-order chi connectivity index (χ1) is 5.79. The highest BCUT2D eigenvalue weighted by molar-refractivity contribution is 5.73. The van der Waals surface area contributed by atoms with Gasteiger partial charge in [-0.05, 0) is 6.54 Å². The molecule has 1 rings (SSSR count). The monoisotopic (exact) mass is 173 g/mol. The normalized spacial score (nSPS) is 28.8. The molecule has 4 nitrogen and oxygen atoms in total. The van der Waals surface area contributed by atoms with E-state index in [1.165, 1.54) is 7.11 Å². The molecule has 1 aliphatic heterocycles. The number of rotatable bonds is 3. The molecule has 0 aromatic heterocycles. The second kappa shape index (κ2) is 4.42. The molecule has 0 saturated carbocycles. The molecule has 0 spiro atoms. The van der Waals surface area contributed by atoms with Gasteiger partial charge in [-0.25, -0.2) is 0 Å². The Labute approximate surface area is 72.2 Å². The van der Waals surface area contributed by atoms with Crippen molar-refractivity contribution < 1.29 is 14.3 Å². The lowest BCUT2D eigenvalue weighted by Gasteiger charge is -2.15. The third-order valence-electron chi connectivity index (χ3n) is 2.05. The molecular formula is C8H15NO3. The van der Waals surface area contributed by atoms with E-state index >= 15 is 0 Å². The number of hydrogen-bond acceptors (Lipinski definition) is 4. The third kappa shape index (κ3) is 1.95. The molecule has 2 atom stereocenters. The summed E-state index contributed by atoms with van der Waals surface area (Å²) in [5, 5.41) is 3.18. The zero-order valence-electron chi connectivity index (χ0n) is 7.50. The Bertz CT molecular complexity index is 160. The van der Waals surface area contributed by atoms with Crippen molar-refractivity contribution in [1.29, 1.82) is 0 Å². The van der Waals surface area contributed by atoms with Crippen molar-refractivity contribution in [2.75, 3.05) is 26.9 Å². The quantitative estimate of drug-likeness (QED) is 0.600. The lowest BCUT2D eigenvalue weighted by molar-refractivity contribution is -0.145. The minimum absolute atomic E-state index is 0.127. The van der Waals surface area contributed by atoms with Crippen LogP contribution in [-0.4, -0.2) is 38.9 Å². The molecule has 0 aromatic rings. The summed E-state index contributed by atoms with van der Waals surface area (Å²) in [6.07, 6.45) is 0. The third-order valence-corrected chi connectivity index (χ3v) is 2.05. The van der Waals surface area contributed by atoms with Crippen LogP contribution in [0.15, 0.2) is 0 Å². The van der Waals surface area contributed by atoms with Crippen LogP contribution < -0.4 is 5.32 Å². The summed E-state index contributed by atoms with van der Waals surface area (Å²) < 4.78 is 9.83. The molecule has 4 heteroatoms. The first kappa shape index (κ1) is 9.48. The molecule has 0 aromatic carbocycles. The SMILES string of the molecule is CCNC1COCC1C(=O)OC. The molecule has 1 aliphatic rings. The summed E-state index contributed by atoms with van der Waals surface area (Å²) in [4.78, 5) is 11.2. The first-order valence-corrected chi connectivity index (χ1v) is 4.18. The fourth-order valence-electron chi connectivity index (χ4n) is 1.40. The molecule has 12 heavy (non-hydrogen) atoms. The second-order valence-corrected chi connectivity index (χ2v) is 2.83. The number of hydrogen-bond donors (Lipinski definition) is 1. The highest BCUT2D eigenvalue weighted by atomic mass is 16.5. The van der Waals surface area contributed by atoms with Gasteiger partial charge in [0.15, 0.2) is 0 Å². The Hall–Kier alpha value is -0.610. The highest BCUT2D eigenvalue weighted by Crippen LogP contribution is 2.14. The molecule has 0 bridgehead atoms. The Morgan fingerprint density at radius 3 is 3.00 bits per heavy atom. The van der Waals surface area contributed by atoms with Crippen molar-refractivity contribution in [3.8, 4) is 0 Å². The van der Waals surface area contributed by atoms with E-state index in [1.807, 2.05) is 6.92 Å². The lowest BCUT2D eigenvalue weighted by Crippen LogP contribution is -2.39. The van der Waals surface area contributed by atoms with Gasteiger partial charge in [-0.15, -0.1) is 0 Å². The predicted molar refractivity (Wildman–Crippen MR) is 43.8 cm³/mol. The van der Waals surface area contributed by atoms with E-state index in [-0.39, 0.29) is 17.9 Å². The number of nitrogens with one attached hydrogen (secondary N) is 1. The van der Waals surface area contributed by atoms with Gasteiger partial charge in [0.1, 0.15) is 0 Å². The van der Waals surface area contributed by atoms with E-state index in [0.717, 1.165) is 6.54 Å². The molecule has 1 heterocycles. The van der Waals surface area contributed by atoms with Crippen molar-refractivity contribution in [1.82, 2.24) is 5.32 Å². The standard InChI is InChI=1S/C8H15NO3/c1-3-9-7-5-12-4-6(7)8(10)11-2/h6-7,9H,3-5H2,1-2H3. The van der Waals surface area contributed by atoms with E-state index in [1.54, 1.807) is 0 Å². The average molecular weight is 173 g/mol. The van der Waals surface area contributed by atoms with Crippen LogP contribution in [0.5, 0.6) is 0 Å². The highest BCUT2D eigenvalue weighted by Gasteiger charge is 2.33. The number of ether oxygens (including phenoxy) is 2. The van der Waals surface area contributed by atoms with E-state index in [9.17, 15) is 4.79 Å². The molecule has 0 aliphatic carbocycles. The average Bonchev–Trinajstić information content (AvgIpc) is 2.52. The molecular weight excluding hydrogens is 158 g/mol. The van der Waals surface area contributed by atoms with Crippen LogP contribution in [0.4, 0.5) is 0 Å². The van der Waals surface area contributed by atoms with Crippen LogP contribution in [0.2, 0.25) is 0 Å². The molecule has 2 unspecified atom stereocenters. The van der Waals surface area contributed by atoms with E-state index in [4.69, 9.17) is 4.74 Å². The maximum atomic E-state index is 11.2. The number of esters is 1. The van der Waals surface area contributed by atoms with Crippen molar-refractivity contribution in [3.05, 3.63) is 0 Å². The van der Waals surface area contributed by atoms with E-state index in [0.29, 0.717) is 13.2 Å². The van der Waals surface area contributed by atoms with Gasteiger partial charge >= 0.3 is 5.97 Å². The maximum Gasteiger partial charge on any atom is 0.312 e. The largest absolute Gasteiger partial charge is 0.469 e. The number of likely N-dealkylation sites (N-methyl/N-ethyl adjacent to an activating group) is 1. The van der Waals surface area contributed by atoms with Crippen molar-refractivity contribution >= 4 is 5.97 Å². The molecule has 70 valence electrons. The van der Waals surface area contributed by atoms with Crippen LogP contribution >= 0.6 is 0 Å². The Kier molecular flexibility index (Phi) is 3.49. The topological polar surface area (TPSA) is 47.6 Å². The second-order valence-electron chi connectivity index (χ2n) is 2.83. The van der Waals surface area contributed by atoms with Crippen molar-refractivity contribution in [2.45, 2.75) is 13.0 Å². The van der Waals surface area contributed by atoms with Crippen LogP contribution in [0.3, 0.4) is 0 Å². The van der Waals surface area contributed by atoms with Crippen LogP contribution in [0.1, 0.15) is 6.92 Å². The summed E-state index contributed by atoms with van der Waals surface area (Å²) in [5.74, 6) is -0.312. The summed E-state index contributed by atoms with van der Waals surface area (Å²) in [5.41, 5.74) is 0. The Morgan fingerprint density at radius 2 is 2.42 bits per heavy atom. The van der Waals surface area contributed by atoms with E-state index < -0.39 is 0 Å². The van der Waals surface area contributed by atoms with Gasteiger partial charge in [-0.1, -0.05) is 6.92 Å². The molecule has 1 N–H and O–H groups in total. The summed E-state index contributed by atoms with van der Waals surface area (Å²) in [6, 6.07) is 0.127. The maximum absolute atomic E-state index is 11.2. The zero-order chi connectivity index (χ0) is 8.97. The smallest absolute Gasteiger partial charge is 0.312 e. The molecule has 0 amide bonds. The number of carbonyl (C=O) groups is 1. The lowest BCUT2D eigenvalue weighted by atomic mass is 10.0. The fraction of sp³-hybridized carbons (Fsp3) is 0.875. The summed E-state index contributed by atoms with van der Waals surface area (Å²) >= 11 is 0. The van der Waals surface area contributed by atoms with Gasteiger partial charge in [0, 0.05) is 6.04 Å². The van der Waals surface area contributed by atoms with Crippen molar-refractivity contribution in [2.24, 2.45) is 5.92 Å². The minimum Gasteiger partial charge on any atom is -0.469 e. The zero-order valence-corrected chi connectivity index (χ0v) is 7.50. The fourth-order valence-corrected chi connectivity index (χ4v) is 1.40. The summed E-state index contributed by atoms with van der Waals surface area (Å²) in [6.45, 7) is 3.94. The molecule has 1 fully saturated rings. The van der Waals surface area contributed by atoms with Gasteiger partial charge in [-0.2, -0.15) is 0 Å². The first-order valence-electron chi connectivity index (χ1n) is 4.18. The van der Waals surface area contributed by atoms with Gasteiger partial charge < -0.3 is 14.8 Å². The molecule has 0 radical (unpaired) electrons. The molecule has 1 saturated heterocycles. The number of methoxy groups -OCH3 is 1.